The molecule has 1 aromatic rings. The van der Waals surface area contributed by atoms with E-state index in [4.69, 9.17) is 10.5 Å². The van der Waals surface area contributed by atoms with Crippen LogP contribution in [0.15, 0.2) is 0 Å². The number of thiophene rings is 1. The molecule has 2 N–H and O–H groups in total. The molecular weight excluding hydrogens is 272 g/mol. The van der Waals surface area contributed by atoms with Crippen LogP contribution >= 0.6 is 11.3 Å². The molecule has 5 nitrogen and oxygen atoms in total. The average molecular weight is 294 g/mol. The van der Waals surface area contributed by atoms with E-state index in [2.05, 4.69) is 22.9 Å². The molecule has 0 saturated carbocycles. The van der Waals surface area contributed by atoms with Crippen LogP contribution in [0, 0.1) is 11.3 Å². The predicted molar refractivity (Wildman–Crippen MR) is 83.5 cm³/mol. The smallest absolute Gasteiger partial charge is 0.178 e. The molecular formula is C14H22N4OS. The molecule has 1 saturated heterocycles. The van der Waals surface area contributed by atoms with Crippen molar-refractivity contribution in [3.63, 3.8) is 0 Å². The molecule has 110 valence electrons. The second-order valence-corrected chi connectivity index (χ2v) is 6.40. The molecule has 0 radical (unpaired) electrons. The Morgan fingerprint density at radius 2 is 2.05 bits per heavy atom. The summed E-state index contributed by atoms with van der Waals surface area (Å²) in [6, 6.07) is 2.17. The number of nitriles is 1. The summed E-state index contributed by atoms with van der Waals surface area (Å²) in [6.07, 6.45) is 1.16. The quantitative estimate of drug-likeness (QED) is 0.925. The second-order valence-electron chi connectivity index (χ2n) is 5.40. The topological polar surface area (TPSA) is 65.5 Å². The molecule has 0 amide bonds. The van der Waals surface area contributed by atoms with Gasteiger partial charge in [0.15, 0.2) is 5.75 Å². The van der Waals surface area contributed by atoms with E-state index in [1.165, 1.54) is 11.3 Å². The standard InChI is InChI=1S/C14H22N4OS/c1-10(2)19-13-12(16)11(9-15)20-14(13)18-6-4-5-17(3)7-8-18/h10H,4-8,16H2,1-3H3. The summed E-state index contributed by atoms with van der Waals surface area (Å²) < 4.78 is 5.86. The van der Waals surface area contributed by atoms with Crippen molar-refractivity contribution in [2.75, 3.05) is 43.9 Å². The molecule has 2 rings (SSSR count). The third kappa shape index (κ3) is 3.17. The van der Waals surface area contributed by atoms with Gasteiger partial charge in [0.25, 0.3) is 0 Å². The van der Waals surface area contributed by atoms with Crippen molar-refractivity contribution in [3.8, 4) is 11.8 Å². The molecule has 1 aliphatic heterocycles. The van der Waals surface area contributed by atoms with Crippen molar-refractivity contribution in [1.29, 1.82) is 5.26 Å². The summed E-state index contributed by atoms with van der Waals surface area (Å²) in [7, 11) is 2.14. The van der Waals surface area contributed by atoms with Gasteiger partial charge in [-0.3, -0.25) is 0 Å². The van der Waals surface area contributed by atoms with Gasteiger partial charge in [-0.25, -0.2) is 0 Å². The van der Waals surface area contributed by atoms with Crippen LogP contribution in [0.3, 0.4) is 0 Å². The number of nitrogen functional groups attached to an aromatic ring is 1. The maximum atomic E-state index is 9.18. The third-order valence-corrected chi connectivity index (χ3v) is 4.50. The van der Waals surface area contributed by atoms with E-state index in [9.17, 15) is 5.26 Å². The van der Waals surface area contributed by atoms with Gasteiger partial charge in [0, 0.05) is 19.6 Å². The average Bonchev–Trinajstić information content (AvgIpc) is 2.58. The van der Waals surface area contributed by atoms with Gasteiger partial charge in [-0.15, -0.1) is 11.3 Å². The van der Waals surface area contributed by atoms with Crippen molar-refractivity contribution >= 4 is 22.0 Å². The lowest BCUT2D eigenvalue weighted by molar-refractivity contribution is 0.245. The van der Waals surface area contributed by atoms with Crippen molar-refractivity contribution < 1.29 is 4.74 Å². The van der Waals surface area contributed by atoms with Gasteiger partial charge in [0.05, 0.1) is 6.10 Å². The van der Waals surface area contributed by atoms with Crippen molar-refractivity contribution in [1.82, 2.24) is 4.90 Å². The van der Waals surface area contributed by atoms with E-state index in [1.54, 1.807) is 0 Å². The Morgan fingerprint density at radius 3 is 2.70 bits per heavy atom. The molecule has 1 aliphatic rings. The van der Waals surface area contributed by atoms with E-state index in [0.717, 1.165) is 37.6 Å². The van der Waals surface area contributed by atoms with Gasteiger partial charge in [-0.1, -0.05) is 0 Å². The summed E-state index contributed by atoms with van der Waals surface area (Å²) in [5.41, 5.74) is 6.55. The maximum Gasteiger partial charge on any atom is 0.178 e. The molecule has 6 heteroatoms. The molecule has 0 aromatic carbocycles. The zero-order chi connectivity index (χ0) is 14.7. The highest BCUT2D eigenvalue weighted by Crippen LogP contribution is 2.45. The summed E-state index contributed by atoms with van der Waals surface area (Å²) >= 11 is 1.44. The number of ether oxygens (including phenoxy) is 1. The minimum absolute atomic E-state index is 0.0480. The van der Waals surface area contributed by atoms with Crippen LogP contribution in [0.2, 0.25) is 0 Å². The predicted octanol–water partition coefficient (Wildman–Crippen LogP) is 2.13. The van der Waals surface area contributed by atoms with Crippen molar-refractivity contribution in [2.24, 2.45) is 0 Å². The number of hydrogen-bond acceptors (Lipinski definition) is 6. The molecule has 2 heterocycles. The maximum absolute atomic E-state index is 9.18. The number of nitrogens with zero attached hydrogens (tertiary/aromatic N) is 3. The number of hydrogen-bond donors (Lipinski definition) is 1. The van der Waals surface area contributed by atoms with Gasteiger partial charge in [0.1, 0.15) is 21.6 Å². The van der Waals surface area contributed by atoms with Crippen LogP contribution in [-0.2, 0) is 0 Å². The van der Waals surface area contributed by atoms with E-state index in [1.807, 2.05) is 13.8 Å². The summed E-state index contributed by atoms with van der Waals surface area (Å²) in [6.45, 7) is 7.98. The molecule has 20 heavy (non-hydrogen) atoms. The normalized spacial score (nSPS) is 17.1. The highest BCUT2D eigenvalue weighted by molar-refractivity contribution is 7.17. The van der Waals surface area contributed by atoms with E-state index >= 15 is 0 Å². The fourth-order valence-electron chi connectivity index (χ4n) is 2.31. The van der Waals surface area contributed by atoms with Gasteiger partial charge in [0.2, 0.25) is 0 Å². The van der Waals surface area contributed by atoms with Crippen LogP contribution in [0.5, 0.6) is 5.75 Å². The van der Waals surface area contributed by atoms with Crippen molar-refractivity contribution in [3.05, 3.63) is 4.88 Å². The Labute approximate surface area is 124 Å². The Balaban J connectivity index is 2.32. The van der Waals surface area contributed by atoms with Gasteiger partial charge < -0.3 is 20.3 Å². The zero-order valence-electron chi connectivity index (χ0n) is 12.3. The van der Waals surface area contributed by atoms with Crippen molar-refractivity contribution in [2.45, 2.75) is 26.4 Å². The highest BCUT2D eigenvalue weighted by atomic mass is 32.1. The Morgan fingerprint density at radius 1 is 1.30 bits per heavy atom. The van der Waals surface area contributed by atoms with Crippen LogP contribution in [0.1, 0.15) is 25.1 Å². The Bertz CT molecular complexity index is 506. The van der Waals surface area contributed by atoms with E-state index in [-0.39, 0.29) is 6.10 Å². The van der Waals surface area contributed by atoms with E-state index in [0.29, 0.717) is 16.3 Å². The SMILES string of the molecule is CC(C)Oc1c(N2CCCN(C)CC2)sc(C#N)c1N. The molecule has 0 aliphatic carbocycles. The monoisotopic (exact) mass is 294 g/mol. The highest BCUT2D eigenvalue weighted by Gasteiger charge is 2.24. The van der Waals surface area contributed by atoms with Gasteiger partial charge >= 0.3 is 0 Å². The minimum atomic E-state index is 0.0480. The summed E-state index contributed by atoms with van der Waals surface area (Å²) in [5.74, 6) is 0.686. The molecule has 1 aromatic heterocycles. The second kappa shape index (κ2) is 6.33. The molecule has 0 atom stereocenters. The lowest BCUT2D eigenvalue weighted by atomic mass is 10.3. The van der Waals surface area contributed by atoms with Gasteiger partial charge in [-0.05, 0) is 33.9 Å². The first-order valence-corrected chi connectivity index (χ1v) is 7.77. The Hall–Kier alpha value is -1.45. The fourth-order valence-corrected chi connectivity index (χ4v) is 3.31. The zero-order valence-corrected chi connectivity index (χ0v) is 13.2. The largest absolute Gasteiger partial charge is 0.486 e. The van der Waals surface area contributed by atoms with Crippen LogP contribution in [0.4, 0.5) is 10.7 Å². The first-order valence-electron chi connectivity index (χ1n) is 6.95. The lowest BCUT2D eigenvalue weighted by Gasteiger charge is -2.23. The molecule has 1 fully saturated rings. The van der Waals surface area contributed by atoms with Crippen LogP contribution in [-0.4, -0.2) is 44.2 Å². The van der Waals surface area contributed by atoms with Crippen LogP contribution in [0.25, 0.3) is 0 Å². The van der Waals surface area contributed by atoms with Gasteiger partial charge in [-0.2, -0.15) is 5.26 Å². The summed E-state index contributed by atoms with van der Waals surface area (Å²) in [5, 5.41) is 10.2. The number of likely N-dealkylation sites (N-methyl/N-ethyl adjacent to an activating group) is 1. The number of nitrogens with two attached hydrogens (primary N) is 1. The Kier molecular flexibility index (Phi) is 4.73. The fraction of sp³-hybridized carbons (Fsp3) is 0.643. The third-order valence-electron chi connectivity index (χ3n) is 3.34. The summed E-state index contributed by atoms with van der Waals surface area (Å²) in [4.78, 5) is 5.17. The molecule has 0 unspecified atom stereocenters. The molecule has 0 spiro atoms. The first-order chi connectivity index (χ1) is 9.52. The molecule has 0 bridgehead atoms. The first kappa shape index (κ1) is 14.9. The number of anilines is 2. The lowest BCUT2D eigenvalue weighted by Crippen LogP contribution is -2.28. The minimum Gasteiger partial charge on any atom is -0.486 e. The van der Waals surface area contributed by atoms with Crippen LogP contribution < -0.4 is 15.4 Å². The number of rotatable bonds is 3. The van der Waals surface area contributed by atoms with E-state index < -0.39 is 0 Å².